The van der Waals surface area contributed by atoms with Crippen molar-refractivity contribution in [2.24, 2.45) is 11.8 Å². The fourth-order valence-corrected chi connectivity index (χ4v) is 2.17. The molecule has 1 rings (SSSR count). The Morgan fingerprint density at radius 3 is 2.27 bits per heavy atom. The number of benzene rings is 1. The summed E-state index contributed by atoms with van der Waals surface area (Å²) < 4.78 is 5.43. The van der Waals surface area contributed by atoms with Crippen LogP contribution in [0, 0.1) is 11.8 Å². The maximum Gasteiger partial charge on any atom is 0.338 e. The van der Waals surface area contributed by atoms with Gasteiger partial charge in [-0.25, -0.2) is 4.79 Å². The highest BCUT2D eigenvalue weighted by atomic mass is 16.5. The molecular weight excluding hydrogens is 274 g/mol. The molecule has 0 amide bonds. The number of aryl methyl sites for hydroxylation is 1. The van der Waals surface area contributed by atoms with Gasteiger partial charge in [-0.15, -0.1) is 0 Å². The molecule has 0 saturated carbocycles. The van der Waals surface area contributed by atoms with Gasteiger partial charge in [0.2, 0.25) is 0 Å². The number of hydrogen-bond donors (Lipinski definition) is 0. The molecule has 0 bridgehead atoms. The predicted molar refractivity (Wildman–Crippen MR) is 93.7 cm³/mol. The molecule has 0 atom stereocenters. The number of carbonyl (C=O) groups is 1. The van der Waals surface area contributed by atoms with Gasteiger partial charge in [0.15, 0.2) is 0 Å². The molecule has 0 unspecified atom stereocenters. The van der Waals surface area contributed by atoms with Crippen molar-refractivity contribution in [1.29, 1.82) is 0 Å². The lowest BCUT2D eigenvalue weighted by atomic mass is 9.97. The second-order valence-corrected chi connectivity index (χ2v) is 6.99. The van der Waals surface area contributed by atoms with Crippen LogP contribution in [-0.4, -0.2) is 26.7 Å². The quantitative estimate of drug-likeness (QED) is 0.660. The first-order chi connectivity index (χ1) is 10.3. The van der Waals surface area contributed by atoms with Crippen LogP contribution in [0.3, 0.4) is 0 Å². The highest BCUT2D eigenvalue weighted by Crippen LogP contribution is 2.22. The molecule has 1 aromatic rings. The van der Waals surface area contributed by atoms with Gasteiger partial charge in [-0.05, 0) is 54.9 Å². The molecule has 0 N–H and O–H groups in total. The smallest absolute Gasteiger partial charge is 0.338 e. The van der Waals surface area contributed by atoms with Crippen LogP contribution in [0.15, 0.2) is 18.2 Å². The SMILES string of the molecule is CC(C)CCOC(=O)c1ccc(N(C)C)cc1CCC(C)C. The lowest BCUT2D eigenvalue weighted by Crippen LogP contribution is -2.14. The first-order valence-corrected chi connectivity index (χ1v) is 8.28. The summed E-state index contributed by atoms with van der Waals surface area (Å²) in [4.78, 5) is 14.4. The number of rotatable bonds is 8. The lowest BCUT2D eigenvalue weighted by Gasteiger charge is -2.17. The van der Waals surface area contributed by atoms with E-state index in [0.29, 0.717) is 18.4 Å². The van der Waals surface area contributed by atoms with Gasteiger partial charge in [-0.3, -0.25) is 0 Å². The van der Waals surface area contributed by atoms with E-state index in [1.807, 2.05) is 26.2 Å². The molecule has 0 saturated heterocycles. The zero-order chi connectivity index (χ0) is 16.7. The molecule has 3 heteroatoms. The average molecular weight is 305 g/mol. The van der Waals surface area contributed by atoms with Gasteiger partial charge in [-0.1, -0.05) is 27.7 Å². The Hall–Kier alpha value is -1.51. The van der Waals surface area contributed by atoms with Gasteiger partial charge < -0.3 is 9.64 Å². The van der Waals surface area contributed by atoms with Crippen LogP contribution in [0.2, 0.25) is 0 Å². The standard InChI is InChI=1S/C19H31NO2/c1-14(2)7-8-16-13-17(20(5)6)9-10-18(16)19(21)22-12-11-15(3)4/h9-10,13-15H,7-8,11-12H2,1-6H3. The van der Waals surface area contributed by atoms with Gasteiger partial charge in [-0.2, -0.15) is 0 Å². The third kappa shape index (κ3) is 6.08. The number of esters is 1. The molecule has 0 aromatic heterocycles. The average Bonchev–Trinajstić information content (AvgIpc) is 2.44. The molecule has 22 heavy (non-hydrogen) atoms. The molecule has 0 spiro atoms. The van der Waals surface area contributed by atoms with E-state index in [4.69, 9.17) is 4.74 Å². The summed E-state index contributed by atoms with van der Waals surface area (Å²) in [5, 5.41) is 0. The van der Waals surface area contributed by atoms with E-state index in [1.54, 1.807) is 0 Å². The number of carbonyl (C=O) groups excluding carboxylic acids is 1. The van der Waals surface area contributed by atoms with Crippen LogP contribution in [-0.2, 0) is 11.2 Å². The zero-order valence-corrected chi connectivity index (χ0v) is 15.0. The van der Waals surface area contributed by atoms with Crippen LogP contribution >= 0.6 is 0 Å². The van der Waals surface area contributed by atoms with Crippen molar-refractivity contribution in [1.82, 2.24) is 0 Å². The topological polar surface area (TPSA) is 29.5 Å². The summed E-state index contributed by atoms with van der Waals surface area (Å²) in [7, 11) is 4.03. The van der Waals surface area contributed by atoms with Crippen LogP contribution < -0.4 is 4.90 Å². The molecule has 0 aliphatic carbocycles. The highest BCUT2D eigenvalue weighted by Gasteiger charge is 2.14. The molecule has 0 radical (unpaired) electrons. The normalized spacial score (nSPS) is 11.1. The molecule has 0 fully saturated rings. The van der Waals surface area contributed by atoms with E-state index in [9.17, 15) is 4.79 Å². The second kappa shape index (κ2) is 8.82. The van der Waals surface area contributed by atoms with Gasteiger partial charge in [0.1, 0.15) is 0 Å². The van der Waals surface area contributed by atoms with Crippen LogP contribution in [0.5, 0.6) is 0 Å². The maximum atomic E-state index is 12.3. The van der Waals surface area contributed by atoms with Crippen molar-refractivity contribution < 1.29 is 9.53 Å². The molecule has 0 aliphatic rings. The minimum absolute atomic E-state index is 0.190. The fourth-order valence-electron chi connectivity index (χ4n) is 2.17. The molecule has 1 aromatic carbocycles. The Morgan fingerprint density at radius 2 is 1.73 bits per heavy atom. The van der Waals surface area contributed by atoms with Gasteiger partial charge in [0, 0.05) is 19.8 Å². The van der Waals surface area contributed by atoms with E-state index in [0.717, 1.165) is 36.1 Å². The largest absolute Gasteiger partial charge is 0.462 e. The van der Waals surface area contributed by atoms with Crippen molar-refractivity contribution in [3.8, 4) is 0 Å². The number of hydrogen-bond acceptors (Lipinski definition) is 3. The fraction of sp³-hybridized carbons (Fsp3) is 0.632. The third-order valence-corrected chi connectivity index (χ3v) is 3.74. The van der Waals surface area contributed by atoms with E-state index < -0.39 is 0 Å². The molecule has 124 valence electrons. The van der Waals surface area contributed by atoms with Crippen molar-refractivity contribution >= 4 is 11.7 Å². The Kier molecular flexibility index (Phi) is 7.43. The van der Waals surface area contributed by atoms with E-state index >= 15 is 0 Å². The number of nitrogens with zero attached hydrogens (tertiary/aromatic N) is 1. The molecular formula is C19H31NO2. The molecule has 0 heterocycles. The van der Waals surface area contributed by atoms with Crippen LogP contribution in [0.1, 0.15) is 56.5 Å². The van der Waals surface area contributed by atoms with Crippen molar-refractivity contribution in [2.45, 2.75) is 47.0 Å². The summed E-state index contributed by atoms with van der Waals surface area (Å²) >= 11 is 0. The molecule has 3 nitrogen and oxygen atoms in total. The van der Waals surface area contributed by atoms with Gasteiger partial charge in [0.25, 0.3) is 0 Å². The predicted octanol–water partition coefficient (Wildman–Crippen LogP) is 4.54. The van der Waals surface area contributed by atoms with Crippen molar-refractivity contribution in [3.05, 3.63) is 29.3 Å². The lowest BCUT2D eigenvalue weighted by molar-refractivity contribution is 0.0486. The third-order valence-electron chi connectivity index (χ3n) is 3.74. The minimum atomic E-state index is -0.190. The summed E-state index contributed by atoms with van der Waals surface area (Å²) in [5.74, 6) is 0.974. The first-order valence-electron chi connectivity index (χ1n) is 8.28. The minimum Gasteiger partial charge on any atom is -0.462 e. The highest BCUT2D eigenvalue weighted by molar-refractivity contribution is 5.91. The molecule has 0 aliphatic heterocycles. The zero-order valence-electron chi connectivity index (χ0n) is 15.0. The summed E-state index contributed by atoms with van der Waals surface area (Å²) in [6.07, 6.45) is 2.89. The van der Waals surface area contributed by atoms with E-state index in [1.165, 1.54) is 0 Å². The Bertz CT molecular complexity index is 478. The van der Waals surface area contributed by atoms with Crippen LogP contribution in [0.4, 0.5) is 5.69 Å². The monoisotopic (exact) mass is 305 g/mol. The second-order valence-electron chi connectivity index (χ2n) is 6.99. The number of ether oxygens (including phenoxy) is 1. The van der Waals surface area contributed by atoms with Gasteiger partial charge >= 0.3 is 5.97 Å². The summed E-state index contributed by atoms with van der Waals surface area (Å²) in [5.41, 5.74) is 2.93. The van der Waals surface area contributed by atoms with E-state index in [-0.39, 0.29) is 5.97 Å². The Morgan fingerprint density at radius 1 is 1.09 bits per heavy atom. The summed E-state index contributed by atoms with van der Waals surface area (Å²) in [6.45, 7) is 9.17. The van der Waals surface area contributed by atoms with Gasteiger partial charge in [0.05, 0.1) is 12.2 Å². The van der Waals surface area contributed by atoms with Crippen molar-refractivity contribution in [2.75, 3.05) is 25.6 Å². The first kappa shape index (κ1) is 18.5. The summed E-state index contributed by atoms with van der Waals surface area (Å²) in [6, 6.07) is 6.00. The Balaban J connectivity index is 2.88. The maximum absolute atomic E-state index is 12.3. The van der Waals surface area contributed by atoms with E-state index in [2.05, 4.69) is 38.7 Å². The number of anilines is 1. The Labute approximate surface area is 135 Å². The van der Waals surface area contributed by atoms with Crippen molar-refractivity contribution in [3.63, 3.8) is 0 Å². The van der Waals surface area contributed by atoms with Crippen LogP contribution in [0.25, 0.3) is 0 Å².